The van der Waals surface area contributed by atoms with Crippen molar-refractivity contribution in [3.8, 4) is 33.4 Å². The van der Waals surface area contributed by atoms with Gasteiger partial charge >= 0.3 is 0 Å². The summed E-state index contributed by atoms with van der Waals surface area (Å²) in [5.41, 5.74) is 23.2. The Balaban J connectivity index is 1.01. The lowest BCUT2D eigenvalue weighted by molar-refractivity contribution is 0.752. The maximum Gasteiger partial charge on any atom is 0.0755 e. The number of rotatable bonds is 7. The van der Waals surface area contributed by atoms with Gasteiger partial charge in [0.15, 0.2) is 0 Å². The van der Waals surface area contributed by atoms with Crippen LogP contribution >= 0.6 is 0 Å². The molecular formula is C72H48N2. The summed E-state index contributed by atoms with van der Waals surface area (Å²) >= 11 is 0. The minimum Gasteiger partial charge on any atom is -0.310 e. The zero-order chi connectivity index (χ0) is 48.8. The number of anilines is 6. The van der Waals surface area contributed by atoms with Crippen LogP contribution in [-0.2, 0) is 10.8 Å². The lowest BCUT2D eigenvalue weighted by atomic mass is 9.64. The average Bonchev–Trinajstić information content (AvgIpc) is 3.95. The Morgan fingerprint density at radius 2 is 0.784 bits per heavy atom. The molecule has 12 aromatic rings. The molecule has 74 heavy (non-hydrogen) atoms. The van der Waals surface area contributed by atoms with Crippen molar-refractivity contribution in [3.05, 3.63) is 336 Å². The van der Waals surface area contributed by atoms with E-state index in [1.807, 2.05) is 0 Å². The van der Waals surface area contributed by atoms with Crippen LogP contribution in [0.15, 0.2) is 291 Å². The third kappa shape index (κ3) is 5.88. The third-order valence-corrected chi connectivity index (χ3v) is 16.3. The first-order chi connectivity index (χ1) is 36.7. The molecule has 346 valence electrons. The molecule has 3 aliphatic rings. The first-order valence-electron chi connectivity index (χ1n) is 25.8. The zero-order valence-corrected chi connectivity index (χ0v) is 40.6. The van der Waals surface area contributed by atoms with Gasteiger partial charge in [0.05, 0.1) is 27.9 Å². The predicted octanol–water partition coefficient (Wildman–Crippen LogP) is 18.5. The highest BCUT2D eigenvalue weighted by Gasteiger charge is 2.52. The van der Waals surface area contributed by atoms with E-state index >= 15 is 0 Å². The Labute approximate surface area is 432 Å². The van der Waals surface area contributed by atoms with Gasteiger partial charge < -0.3 is 9.80 Å². The van der Waals surface area contributed by atoms with E-state index in [0.29, 0.717) is 0 Å². The molecule has 15 rings (SSSR count). The molecule has 12 aromatic carbocycles. The van der Waals surface area contributed by atoms with Crippen LogP contribution in [0.1, 0.15) is 44.5 Å². The van der Waals surface area contributed by atoms with Gasteiger partial charge in [-0.05, 0) is 138 Å². The van der Waals surface area contributed by atoms with Gasteiger partial charge in [0.1, 0.15) is 0 Å². The summed E-state index contributed by atoms with van der Waals surface area (Å²) in [6, 6.07) is 108. The van der Waals surface area contributed by atoms with E-state index in [1.54, 1.807) is 0 Å². The second kappa shape index (κ2) is 16.5. The Morgan fingerprint density at radius 1 is 0.297 bits per heavy atom. The summed E-state index contributed by atoms with van der Waals surface area (Å²) in [4.78, 5) is 5.00. The van der Waals surface area contributed by atoms with Crippen LogP contribution in [0.2, 0.25) is 0 Å². The molecule has 1 aliphatic heterocycles. The molecule has 0 aromatic heterocycles. The maximum atomic E-state index is 2.54. The van der Waals surface area contributed by atoms with Gasteiger partial charge in [-0.1, -0.05) is 237 Å². The Hall–Kier alpha value is -9.50. The first kappa shape index (κ1) is 42.2. The van der Waals surface area contributed by atoms with Crippen molar-refractivity contribution in [2.24, 2.45) is 0 Å². The Morgan fingerprint density at radius 3 is 1.47 bits per heavy atom. The number of hydrogen-bond donors (Lipinski definition) is 0. The van der Waals surface area contributed by atoms with Gasteiger partial charge in [-0.2, -0.15) is 0 Å². The van der Waals surface area contributed by atoms with E-state index < -0.39 is 10.8 Å². The zero-order valence-electron chi connectivity index (χ0n) is 40.6. The molecule has 2 aliphatic carbocycles. The standard InChI is InChI=1S/C72H48N2/c1-4-24-51(25-5-1)71(52-26-6-2-7-27-52)62-35-15-13-32-60(62)70-65(71)38-21-41-69(70)73(54-44-42-50(43-45-54)57-33-20-23-49-22-10-11-30-56(49)57)55-46-47-59-58-31-12-14-34-61(58)72(66(59)48-55)63-36-16-18-39-67(63)74(53-28-8-3-9-29-53)68-40-19-17-37-64(68)72/h1-48H. The highest BCUT2D eigenvalue weighted by Crippen LogP contribution is 2.65. The summed E-state index contributed by atoms with van der Waals surface area (Å²) in [7, 11) is 0. The van der Waals surface area contributed by atoms with Crippen LogP contribution in [0, 0.1) is 0 Å². The van der Waals surface area contributed by atoms with Gasteiger partial charge in [-0.3, -0.25) is 0 Å². The number of para-hydroxylation sites is 3. The summed E-state index contributed by atoms with van der Waals surface area (Å²) in [6.45, 7) is 0. The van der Waals surface area contributed by atoms with Crippen molar-refractivity contribution in [3.63, 3.8) is 0 Å². The molecule has 0 fully saturated rings. The van der Waals surface area contributed by atoms with E-state index in [9.17, 15) is 0 Å². The van der Waals surface area contributed by atoms with E-state index in [1.165, 1.54) is 100 Å². The van der Waals surface area contributed by atoms with Crippen molar-refractivity contribution in [2.75, 3.05) is 9.80 Å². The molecule has 0 N–H and O–H groups in total. The largest absolute Gasteiger partial charge is 0.310 e. The topological polar surface area (TPSA) is 6.48 Å². The smallest absolute Gasteiger partial charge is 0.0755 e. The molecule has 0 unspecified atom stereocenters. The lowest BCUT2D eigenvalue weighted by Crippen LogP contribution is -2.36. The molecule has 0 saturated carbocycles. The van der Waals surface area contributed by atoms with Crippen molar-refractivity contribution >= 4 is 44.9 Å². The minimum atomic E-state index is -0.620. The fourth-order valence-corrected chi connectivity index (χ4v) is 13.4. The van der Waals surface area contributed by atoms with Crippen LogP contribution in [0.4, 0.5) is 34.1 Å². The Kier molecular flexibility index (Phi) is 9.43. The van der Waals surface area contributed by atoms with Crippen molar-refractivity contribution in [1.82, 2.24) is 0 Å². The summed E-state index contributed by atoms with van der Waals surface area (Å²) in [6.07, 6.45) is 0. The van der Waals surface area contributed by atoms with Crippen LogP contribution in [-0.4, -0.2) is 0 Å². The first-order valence-corrected chi connectivity index (χ1v) is 25.8. The fraction of sp³-hybridized carbons (Fsp3) is 0.0278. The van der Waals surface area contributed by atoms with Crippen molar-refractivity contribution in [2.45, 2.75) is 10.8 Å². The Bertz CT molecular complexity index is 4050. The number of benzene rings is 12. The van der Waals surface area contributed by atoms with Gasteiger partial charge in [0.25, 0.3) is 0 Å². The summed E-state index contributed by atoms with van der Waals surface area (Å²) in [5, 5.41) is 2.48. The molecule has 2 nitrogen and oxygen atoms in total. The van der Waals surface area contributed by atoms with Gasteiger partial charge in [-0.25, -0.2) is 0 Å². The monoisotopic (exact) mass is 940 g/mol. The molecule has 1 heterocycles. The van der Waals surface area contributed by atoms with Gasteiger partial charge in [-0.15, -0.1) is 0 Å². The highest BCUT2D eigenvalue weighted by atomic mass is 15.2. The quantitative estimate of drug-likeness (QED) is 0.157. The second-order valence-electron chi connectivity index (χ2n) is 19.9. The SMILES string of the molecule is c1ccc(N2c3ccccc3C3(c4ccccc4-c4ccc(N(c5ccc(-c6cccc7ccccc67)cc5)c5cccc6c5-c5ccccc5C6(c5ccccc5)c5ccccc5)cc43)c3ccccc32)cc1. The molecule has 0 bridgehead atoms. The lowest BCUT2D eigenvalue weighted by Gasteiger charge is -2.45. The maximum absolute atomic E-state index is 2.54. The highest BCUT2D eigenvalue weighted by molar-refractivity contribution is 6.01. The average molecular weight is 941 g/mol. The van der Waals surface area contributed by atoms with Crippen molar-refractivity contribution < 1.29 is 0 Å². The van der Waals surface area contributed by atoms with E-state index in [-0.39, 0.29) is 0 Å². The van der Waals surface area contributed by atoms with Gasteiger partial charge in [0.2, 0.25) is 0 Å². The van der Waals surface area contributed by atoms with E-state index in [0.717, 1.165) is 22.7 Å². The van der Waals surface area contributed by atoms with Crippen LogP contribution in [0.3, 0.4) is 0 Å². The molecule has 0 saturated heterocycles. The molecular weight excluding hydrogens is 893 g/mol. The molecule has 0 amide bonds. The number of hydrogen-bond acceptors (Lipinski definition) is 2. The number of fused-ring (bicyclic) bond motifs is 13. The molecule has 0 atom stereocenters. The summed E-state index contributed by atoms with van der Waals surface area (Å²) in [5.74, 6) is 0. The normalized spacial score (nSPS) is 13.9. The van der Waals surface area contributed by atoms with Crippen LogP contribution < -0.4 is 9.80 Å². The second-order valence-corrected chi connectivity index (χ2v) is 19.9. The van der Waals surface area contributed by atoms with E-state index in [4.69, 9.17) is 0 Å². The van der Waals surface area contributed by atoms with Crippen molar-refractivity contribution in [1.29, 1.82) is 0 Å². The molecule has 0 radical (unpaired) electrons. The van der Waals surface area contributed by atoms with Gasteiger partial charge in [0, 0.05) is 22.6 Å². The minimum absolute atomic E-state index is 0.557. The van der Waals surface area contributed by atoms with Crippen LogP contribution in [0.25, 0.3) is 44.2 Å². The van der Waals surface area contributed by atoms with Crippen LogP contribution in [0.5, 0.6) is 0 Å². The predicted molar refractivity (Wildman–Crippen MR) is 307 cm³/mol. The van der Waals surface area contributed by atoms with E-state index in [2.05, 4.69) is 301 Å². The fourth-order valence-electron chi connectivity index (χ4n) is 13.4. The third-order valence-electron chi connectivity index (χ3n) is 16.3. The summed E-state index contributed by atoms with van der Waals surface area (Å²) < 4.78 is 0. The molecule has 2 heteroatoms. The molecule has 1 spiro atoms. The number of nitrogens with zero attached hydrogens (tertiary/aromatic N) is 2.